The van der Waals surface area contributed by atoms with Gasteiger partial charge in [-0.15, -0.1) is 0 Å². The first-order valence-electron chi connectivity index (χ1n) is 5.33. The van der Waals surface area contributed by atoms with E-state index < -0.39 is 0 Å². The van der Waals surface area contributed by atoms with E-state index in [2.05, 4.69) is 39.0 Å². The molecule has 17 heavy (non-hydrogen) atoms. The fourth-order valence-electron chi connectivity index (χ4n) is 1.71. The van der Waals surface area contributed by atoms with Gasteiger partial charge in [-0.25, -0.2) is 19.9 Å². The number of nitrogens with zero attached hydrogens (tertiary/aromatic N) is 4. The second-order valence-electron chi connectivity index (χ2n) is 3.86. The van der Waals surface area contributed by atoms with Crippen molar-refractivity contribution in [1.82, 2.24) is 19.9 Å². The first kappa shape index (κ1) is 9.84. The zero-order valence-electron chi connectivity index (χ0n) is 9.33. The van der Waals surface area contributed by atoms with Crippen LogP contribution in [0.3, 0.4) is 0 Å². The topological polar surface area (TPSA) is 51.6 Å². The van der Waals surface area contributed by atoms with Crippen LogP contribution in [0.5, 0.6) is 0 Å². The molecule has 3 aromatic rings. The molecule has 0 unspecified atom stereocenters. The molecule has 0 fully saturated rings. The molecule has 0 saturated carbocycles. The molecule has 0 N–H and O–H groups in total. The Morgan fingerprint density at radius 2 is 2.00 bits per heavy atom. The molecule has 2 heterocycles. The standard InChI is InChI=1S/C13H10N4/c1-9-3-2-4-10(5-9)11-7-15-12-6-14-8-16-13(12)17-11/h2-8H,1H3. The lowest BCUT2D eigenvalue weighted by molar-refractivity contribution is 1.15. The summed E-state index contributed by atoms with van der Waals surface area (Å²) in [5.41, 5.74) is 4.42. The van der Waals surface area contributed by atoms with Crippen molar-refractivity contribution in [2.45, 2.75) is 6.92 Å². The quantitative estimate of drug-likeness (QED) is 0.634. The molecule has 0 aliphatic heterocycles. The van der Waals surface area contributed by atoms with Gasteiger partial charge in [0, 0.05) is 5.56 Å². The van der Waals surface area contributed by atoms with Crippen LogP contribution in [-0.2, 0) is 0 Å². The van der Waals surface area contributed by atoms with Crippen molar-refractivity contribution in [1.29, 1.82) is 0 Å². The highest BCUT2D eigenvalue weighted by molar-refractivity contribution is 5.72. The van der Waals surface area contributed by atoms with E-state index in [-0.39, 0.29) is 0 Å². The van der Waals surface area contributed by atoms with Gasteiger partial charge in [-0.3, -0.25) is 0 Å². The molecule has 0 aliphatic rings. The van der Waals surface area contributed by atoms with Crippen LogP contribution in [0.25, 0.3) is 22.4 Å². The summed E-state index contributed by atoms with van der Waals surface area (Å²) in [6.07, 6.45) is 4.90. The number of benzene rings is 1. The van der Waals surface area contributed by atoms with Crippen LogP contribution in [0.4, 0.5) is 0 Å². The molecule has 4 heteroatoms. The normalized spacial score (nSPS) is 10.6. The molecule has 0 atom stereocenters. The van der Waals surface area contributed by atoms with E-state index in [0.29, 0.717) is 11.2 Å². The van der Waals surface area contributed by atoms with Gasteiger partial charge in [-0.05, 0) is 13.0 Å². The average molecular weight is 222 g/mol. The second-order valence-corrected chi connectivity index (χ2v) is 3.86. The van der Waals surface area contributed by atoms with Crippen molar-refractivity contribution < 1.29 is 0 Å². The minimum Gasteiger partial charge on any atom is -0.249 e. The summed E-state index contributed by atoms with van der Waals surface area (Å²) in [5.74, 6) is 0. The largest absolute Gasteiger partial charge is 0.249 e. The third-order valence-corrected chi connectivity index (χ3v) is 2.54. The molecule has 0 amide bonds. The average Bonchev–Trinajstić information content (AvgIpc) is 2.38. The summed E-state index contributed by atoms with van der Waals surface area (Å²) in [6.45, 7) is 2.06. The Kier molecular flexibility index (Phi) is 2.26. The Bertz CT molecular complexity index is 679. The van der Waals surface area contributed by atoms with Crippen molar-refractivity contribution in [2.24, 2.45) is 0 Å². The molecule has 0 saturated heterocycles. The maximum Gasteiger partial charge on any atom is 0.181 e. The number of aromatic nitrogens is 4. The van der Waals surface area contributed by atoms with Crippen molar-refractivity contribution in [3.8, 4) is 11.3 Å². The Balaban J connectivity index is 2.18. The summed E-state index contributed by atoms with van der Waals surface area (Å²) in [7, 11) is 0. The molecule has 4 nitrogen and oxygen atoms in total. The van der Waals surface area contributed by atoms with Crippen LogP contribution in [0.15, 0.2) is 43.0 Å². The third-order valence-electron chi connectivity index (χ3n) is 2.54. The van der Waals surface area contributed by atoms with E-state index in [4.69, 9.17) is 0 Å². The predicted octanol–water partition coefficient (Wildman–Crippen LogP) is 2.40. The van der Waals surface area contributed by atoms with Crippen molar-refractivity contribution in [3.63, 3.8) is 0 Å². The molecule has 2 aromatic heterocycles. The van der Waals surface area contributed by atoms with E-state index in [1.165, 1.54) is 11.9 Å². The summed E-state index contributed by atoms with van der Waals surface area (Å²) >= 11 is 0. The molecule has 3 rings (SSSR count). The zero-order valence-corrected chi connectivity index (χ0v) is 9.33. The number of aryl methyl sites for hydroxylation is 1. The molecule has 0 radical (unpaired) electrons. The number of hydrogen-bond donors (Lipinski definition) is 0. The van der Waals surface area contributed by atoms with Crippen LogP contribution in [0, 0.1) is 6.92 Å². The van der Waals surface area contributed by atoms with E-state index in [0.717, 1.165) is 11.3 Å². The maximum absolute atomic E-state index is 4.47. The van der Waals surface area contributed by atoms with Gasteiger partial charge in [0.15, 0.2) is 5.65 Å². The van der Waals surface area contributed by atoms with E-state index in [1.807, 2.05) is 12.1 Å². The lowest BCUT2D eigenvalue weighted by Gasteiger charge is -2.02. The van der Waals surface area contributed by atoms with Gasteiger partial charge in [0.25, 0.3) is 0 Å². The Labute approximate surface area is 98.4 Å². The summed E-state index contributed by atoms with van der Waals surface area (Å²) in [5, 5.41) is 0. The lowest BCUT2D eigenvalue weighted by Crippen LogP contribution is -1.91. The van der Waals surface area contributed by atoms with Crippen molar-refractivity contribution in [2.75, 3.05) is 0 Å². The minimum atomic E-state index is 0.624. The van der Waals surface area contributed by atoms with Crippen LogP contribution in [-0.4, -0.2) is 19.9 Å². The summed E-state index contributed by atoms with van der Waals surface area (Å²) < 4.78 is 0. The third kappa shape index (κ3) is 1.85. The first-order valence-corrected chi connectivity index (χ1v) is 5.33. The smallest absolute Gasteiger partial charge is 0.181 e. The van der Waals surface area contributed by atoms with Gasteiger partial charge in [-0.1, -0.05) is 23.8 Å². The van der Waals surface area contributed by atoms with Gasteiger partial charge in [-0.2, -0.15) is 0 Å². The Morgan fingerprint density at radius 1 is 1.06 bits per heavy atom. The summed E-state index contributed by atoms with van der Waals surface area (Å²) in [6, 6.07) is 8.16. The lowest BCUT2D eigenvalue weighted by atomic mass is 10.1. The number of hydrogen-bond acceptors (Lipinski definition) is 4. The molecular weight excluding hydrogens is 212 g/mol. The van der Waals surface area contributed by atoms with Gasteiger partial charge in [0.1, 0.15) is 11.8 Å². The van der Waals surface area contributed by atoms with Crippen LogP contribution < -0.4 is 0 Å². The highest BCUT2D eigenvalue weighted by Gasteiger charge is 2.03. The molecule has 0 spiro atoms. The highest BCUT2D eigenvalue weighted by Crippen LogP contribution is 2.18. The highest BCUT2D eigenvalue weighted by atomic mass is 14.9. The van der Waals surface area contributed by atoms with E-state index in [9.17, 15) is 0 Å². The van der Waals surface area contributed by atoms with E-state index in [1.54, 1.807) is 12.4 Å². The summed E-state index contributed by atoms with van der Waals surface area (Å²) in [4.78, 5) is 16.8. The fraction of sp³-hybridized carbons (Fsp3) is 0.0769. The van der Waals surface area contributed by atoms with Gasteiger partial charge < -0.3 is 0 Å². The molecular formula is C13H10N4. The van der Waals surface area contributed by atoms with E-state index >= 15 is 0 Å². The molecule has 0 bridgehead atoms. The van der Waals surface area contributed by atoms with Crippen LogP contribution >= 0.6 is 0 Å². The minimum absolute atomic E-state index is 0.624. The number of rotatable bonds is 1. The predicted molar refractivity (Wildman–Crippen MR) is 65.3 cm³/mol. The monoisotopic (exact) mass is 222 g/mol. The fourth-order valence-corrected chi connectivity index (χ4v) is 1.71. The van der Waals surface area contributed by atoms with Crippen LogP contribution in [0.2, 0.25) is 0 Å². The van der Waals surface area contributed by atoms with Crippen LogP contribution in [0.1, 0.15) is 5.56 Å². The Hall–Kier alpha value is -2.36. The second kappa shape index (κ2) is 3.90. The number of fused-ring (bicyclic) bond motifs is 1. The van der Waals surface area contributed by atoms with Crippen molar-refractivity contribution >= 4 is 11.2 Å². The van der Waals surface area contributed by atoms with Gasteiger partial charge in [0.2, 0.25) is 0 Å². The van der Waals surface area contributed by atoms with Gasteiger partial charge >= 0.3 is 0 Å². The van der Waals surface area contributed by atoms with Gasteiger partial charge in [0.05, 0.1) is 18.1 Å². The SMILES string of the molecule is Cc1cccc(-c2cnc3cncnc3n2)c1. The van der Waals surface area contributed by atoms with Crippen molar-refractivity contribution in [3.05, 3.63) is 48.5 Å². The molecule has 0 aliphatic carbocycles. The Morgan fingerprint density at radius 3 is 2.88 bits per heavy atom. The molecule has 82 valence electrons. The molecule has 1 aromatic carbocycles. The maximum atomic E-state index is 4.47. The first-order chi connectivity index (χ1) is 8.33. The zero-order chi connectivity index (χ0) is 11.7.